The number of rotatable bonds is 4. The molecule has 0 amide bonds. The second-order valence-corrected chi connectivity index (χ2v) is 6.94. The second kappa shape index (κ2) is 6.11. The molecule has 3 aromatic rings. The number of aromatic nitrogens is 5. The van der Waals surface area contributed by atoms with Crippen molar-refractivity contribution in [1.82, 2.24) is 29.9 Å². The molecule has 2 aliphatic heterocycles. The van der Waals surface area contributed by atoms with Crippen LogP contribution in [0.4, 0.5) is 5.82 Å². The van der Waals surface area contributed by atoms with Crippen molar-refractivity contribution in [2.24, 2.45) is 0 Å². The van der Waals surface area contributed by atoms with Crippen LogP contribution in [-0.4, -0.2) is 56.0 Å². The Morgan fingerprint density at radius 2 is 1.96 bits per heavy atom. The number of hydrogen-bond acceptors (Lipinski definition) is 7. The van der Waals surface area contributed by atoms with Gasteiger partial charge >= 0.3 is 0 Å². The molecule has 3 aromatic heterocycles. The Balaban J connectivity index is 1.32. The Hall–Kier alpha value is -2.48. The van der Waals surface area contributed by atoms with Crippen LogP contribution >= 0.6 is 0 Å². The molecule has 2 aliphatic rings. The first kappa shape index (κ1) is 14.8. The normalized spacial score (nSPS) is 19.4. The molecule has 0 saturated carbocycles. The molecular weight excluding hydrogens is 318 g/mol. The van der Waals surface area contributed by atoms with Gasteiger partial charge in [0.2, 0.25) is 0 Å². The summed E-state index contributed by atoms with van der Waals surface area (Å²) in [6, 6.07) is 4.08. The summed E-state index contributed by atoms with van der Waals surface area (Å²) < 4.78 is 6.87. The van der Waals surface area contributed by atoms with E-state index in [0.717, 1.165) is 68.4 Å². The van der Waals surface area contributed by atoms with Crippen molar-refractivity contribution in [3.05, 3.63) is 36.0 Å². The molecule has 0 atom stereocenters. The molecule has 0 aliphatic carbocycles. The van der Waals surface area contributed by atoms with Crippen molar-refractivity contribution in [2.75, 3.05) is 31.1 Å². The summed E-state index contributed by atoms with van der Waals surface area (Å²) in [4.78, 5) is 4.73. The van der Waals surface area contributed by atoms with E-state index in [9.17, 15) is 0 Å². The van der Waals surface area contributed by atoms with Crippen molar-refractivity contribution in [3.8, 4) is 0 Å². The number of fused-ring (bicyclic) bond motifs is 1. The van der Waals surface area contributed by atoms with E-state index in [2.05, 4.69) is 31.2 Å². The average molecular weight is 339 g/mol. The third-order valence-corrected chi connectivity index (χ3v) is 5.30. The zero-order chi connectivity index (χ0) is 16.6. The largest absolute Gasteiger partial charge is 0.364 e. The maximum Gasteiger partial charge on any atom is 0.178 e. The number of likely N-dealkylation sites (tertiary alicyclic amines) is 1. The van der Waals surface area contributed by atoms with Crippen molar-refractivity contribution in [3.63, 3.8) is 0 Å². The summed E-state index contributed by atoms with van der Waals surface area (Å²) in [7, 11) is 0. The zero-order valence-corrected chi connectivity index (χ0v) is 14.1. The highest BCUT2D eigenvalue weighted by atomic mass is 16.5. The SMILES string of the molecule is c1nocc1CN1CCC(c2nnc3ccc(N4CCC4)nn23)CC1. The van der Waals surface area contributed by atoms with Gasteiger partial charge in [-0.2, -0.15) is 4.52 Å². The Labute approximate surface area is 145 Å². The van der Waals surface area contributed by atoms with Crippen molar-refractivity contribution >= 4 is 11.5 Å². The summed E-state index contributed by atoms with van der Waals surface area (Å²) in [6.07, 6.45) is 6.90. The second-order valence-electron chi connectivity index (χ2n) is 6.94. The van der Waals surface area contributed by atoms with Crippen LogP contribution < -0.4 is 4.90 Å². The lowest BCUT2D eigenvalue weighted by Crippen LogP contribution is -2.38. The highest BCUT2D eigenvalue weighted by Crippen LogP contribution is 2.28. The first-order chi connectivity index (χ1) is 12.4. The lowest BCUT2D eigenvalue weighted by Gasteiger charge is -2.32. The summed E-state index contributed by atoms with van der Waals surface area (Å²) in [5.41, 5.74) is 1.97. The zero-order valence-electron chi connectivity index (χ0n) is 14.1. The number of nitrogens with zero attached hydrogens (tertiary/aromatic N) is 7. The van der Waals surface area contributed by atoms with Gasteiger partial charge in [0.1, 0.15) is 12.1 Å². The summed E-state index contributed by atoms with van der Waals surface area (Å²) in [6.45, 7) is 5.16. The third-order valence-electron chi connectivity index (χ3n) is 5.30. The van der Waals surface area contributed by atoms with Gasteiger partial charge in [-0.25, -0.2) is 0 Å². The van der Waals surface area contributed by atoms with E-state index in [1.54, 1.807) is 12.5 Å². The molecular formula is C17H21N7O. The Morgan fingerprint density at radius 1 is 1.08 bits per heavy atom. The molecule has 25 heavy (non-hydrogen) atoms. The average Bonchev–Trinajstić information content (AvgIpc) is 3.23. The molecule has 8 nitrogen and oxygen atoms in total. The fourth-order valence-electron chi connectivity index (χ4n) is 3.68. The first-order valence-electron chi connectivity index (χ1n) is 8.95. The smallest absolute Gasteiger partial charge is 0.178 e. The van der Waals surface area contributed by atoms with E-state index in [0.29, 0.717) is 5.92 Å². The first-order valence-corrected chi connectivity index (χ1v) is 8.95. The molecule has 0 spiro atoms. The van der Waals surface area contributed by atoms with E-state index in [4.69, 9.17) is 9.62 Å². The van der Waals surface area contributed by atoms with Crippen LogP contribution in [0.15, 0.2) is 29.1 Å². The van der Waals surface area contributed by atoms with Gasteiger partial charge in [0.05, 0.1) is 6.20 Å². The number of anilines is 1. The molecule has 0 aromatic carbocycles. The highest BCUT2D eigenvalue weighted by Gasteiger charge is 2.26. The predicted octanol–water partition coefficient (Wildman–Crippen LogP) is 1.70. The van der Waals surface area contributed by atoms with Gasteiger partial charge in [-0.1, -0.05) is 5.16 Å². The maximum absolute atomic E-state index is 4.92. The van der Waals surface area contributed by atoms with Crippen LogP contribution in [0.1, 0.15) is 36.6 Å². The predicted molar refractivity (Wildman–Crippen MR) is 91.4 cm³/mol. The van der Waals surface area contributed by atoms with Gasteiger partial charge in [-0.15, -0.1) is 15.3 Å². The van der Waals surface area contributed by atoms with Crippen molar-refractivity contribution in [2.45, 2.75) is 31.7 Å². The molecule has 0 radical (unpaired) electrons. The van der Waals surface area contributed by atoms with E-state index >= 15 is 0 Å². The van der Waals surface area contributed by atoms with Crippen LogP contribution in [-0.2, 0) is 6.54 Å². The highest BCUT2D eigenvalue weighted by molar-refractivity contribution is 5.47. The maximum atomic E-state index is 4.92. The van der Waals surface area contributed by atoms with Crippen molar-refractivity contribution < 1.29 is 4.52 Å². The van der Waals surface area contributed by atoms with E-state index in [1.807, 2.05) is 10.6 Å². The molecule has 5 heterocycles. The molecule has 8 heteroatoms. The van der Waals surface area contributed by atoms with Crippen LogP contribution in [0.25, 0.3) is 5.65 Å². The summed E-state index contributed by atoms with van der Waals surface area (Å²) >= 11 is 0. The molecule has 0 bridgehead atoms. The lowest BCUT2D eigenvalue weighted by molar-refractivity contribution is 0.200. The van der Waals surface area contributed by atoms with Crippen LogP contribution in [0.3, 0.4) is 0 Å². The van der Waals surface area contributed by atoms with Crippen LogP contribution in [0, 0.1) is 0 Å². The molecule has 5 rings (SSSR count). The number of hydrogen-bond donors (Lipinski definition) is 0. The molecule has 2 saturated heterocycles. The number of piperidine rings is 1. The van der Waals surface area contributed by atoms with E-state index < -0.39 is 0 Å². The van der Waals surface area contributed by atoms with Gasteiger partial charge in [0, 0.05) is 31.1 Å². The Bertz CT molecular complexity index is 847. The minimum atomic E-state index is 0.410. The van der Waals surface area contributed by atoms with Gasteiger partial charge in [0.15, 0.2) is 11.5 Å². The van der Waals surface area contributed by atoms with Gasteiger partial charge in [0.25, 0.3) is 0 Å². The molecule has 2 fully saturated rings. The standard InChI is InChI=1S/C17H21N7O/c1-6-23(7-1)16-3-2-15-19-20-17(24(15)21-16)14-4-8-22(9-5-14)11-13-10-18-25-12-13/h2-3,10,12,14H,1,4-9,11H2. The lowest BCUT2D eigenvalue weighted by atomic mass is 9.96. The quantitative estimate of drug-likeness (QED) is 0.716. The Morgan fingerprint density at radius 3 is 2.68 bits per heavy atom. The van der Waals surface area contributed by atoms with Crippen molar-refractivity contribution in [1.29, 1.82) is 0 Å². The van der Waals surface area contributed by atoms with Crippen LogP contribution in [0.5, 0.6) is 0 Å². The molecule has 0 unspecified atom stereocenters. The monoisotopic (exact) mass is 339 g/mol. The third kappa shape index (κ3) is 2.76. The minimum Gasteiger partial charge on any atom is -0.364 e. The topological polar surface area (TPSA) is 75.6 Å². The Kier molecular flexibility index (Phi) is 3.62. The fraction of sp³-hybridized carbons (Fsp3) is 0.529. The fourth-order valence-corrected chi connectivity index (χ4v) is 3.68. The summed E-state index contributed by atoms with van der Waals surface area (Å²) in [5.74, 6) is 2.44. The molecule has 0 N–H and O–H groups in total. The van der Waals surface area contributed by atoms with E-state index in [-0.39, 0.29) is 0 Å². The van der Waals surface area contributed by atoms with Gasteiger partial charge < -0.3 is 9.42 Å². The summed E-state index contributed by atoms with van der Waals surface area (Å²) in [5, 5.41) is 17.3. The van der Waals surface area contributed by atoms with E-state index in [1.165, 1.54) is 6.42 Å². The van der Waals surface area contributed by atoms with Gasteiger partial charge in [-0.05, 0) is 44.5 Å². The van der Waals surface area contributed by atoms with Gasteiger partial charge in [-0.3, -0.25) is 4.90 Å². The minimum absolute atomic E-state index is 0.410. The van der Waals surface area contributed by atoms with Crippen LogP contribution in [0.2, 0.25) is 0 Å². The molecule has 130 valence electrons.